The first-order chi connectivity index (χ1) is 12.6. The van der Waals surface area contributed by atoms with E-state index in [-0.39, 0.29) is 31.4 Å². The second-order valence-corrected chi connectivity index (χ2v) is 6.29. The molecule has 3 aromatic rings. The van der Waals surface area contributed by atoms with Gasteiger partial charge in [-0.15, -0.1) is 0 Å². The van der Waals surface area contributed by atoms with Gasteiger partial charge in [0.25, 0.3) is 5.91 Å². The number of hydrogen-bond acceptors (Lipinski definition) is 3. The summed E-state index contributed by atoms with van der Waals surface area (Å²) in [4.78, 5) is 21.1. The fourth-order valence-corrected chi connectivity index (χ4v) is 3.11. The molecule has 0 saturated carbocycles. The van der Waals surface area contributed by atoms with E-state index in [0.717, 1.165) is 0 Å². The number of aromatic nitrogens is 2. The molecule has 1 fully saturated rings. The lowest BCUT2D eigenvalue weighted by Crippen LogP contribution is -2.30. The molecule has 0 aliphatic carbocycles. The fraction of sp³-hybridized carbons (Fsp3) is 0.263. The minimum Gasteiger partial charge on any atom is -0.365 e. The lowest BCUT2D eigenvalue weighted by atomic mass is 10.2. The number of alkyl halides is 1. The number of likely N-dealkylation sites (tertiary alicyclic amines) is 1. The molecule has 2 atom stereocenters. The normalized spacial score (nSPS) is 20.0. The Hall–Kier alpha value is -2.80. The van der Waals surface area contributed by atoms with Crippen LogP contribution in [0.15, 0.2) is 48.5 Å². The number of fused-ring (bicyclic) bond motifs is 1. The third-order valence-corrected chi connectivity index (χ3v) is 4.43. The molecule has 2 unspecified atom stereocenters. The van der Waals surface area contributed by atoms with Crippen molar-refractivity contribution < 1.29 is 18.3 Å². The maximum atomic E-state index is 14.3. The van der Waals surface area contributed by atoms with Crippen LogP contribution in [0.5, 0.6) is 0 Å². The van der Waals surface area contributed by atoms with Crippen molar-refractivity contribution in [2.24, 2.45) is 0 Å². The summed E-state index contributed by atoms with van der Waals surface area (Å²) < 4.78 is 33.1. The number of amides is 1. The quantitative estimate of drug-likeness (QED) is 0.781. The number of aromatic amines is 1. The van der Waals surface area contributed by atoms with Crippen LogP contribution < -0.4 is 0 Å². The first kappa shape index (κ1) is 16.7. The zero-order chi connectivity index (χ0) is 18.1. The van der Waals surface area contributed by atoms with Gasteiger partial charge in [-0.05, 0) is 30.3 Å². The second kappa shape index (κ2) is 6.84. The first-order valence-electron chi connectivity index (χ1n) is 8.34. The van der Waals surface area contributed by atoms with Crippen LogP contribution in [-0.4, -0.2) is 46.1 Å². The average molecular weight is 357 g/mol. The molecule has 1 amide bonds. The number of benzene rings is 2. The van der Waals surface area contributed by atoms with Gasteiger partial charge in [0.05, 0.1) is 24.1 Å². The number of carbonyl (C=O) groups excluding carboxylic acids is 1. The Morgan fingerprint density at radius 1 is 1.23 bits per heavy atom. The molecule has 2 heterocycles. The Morgan fingerprint density at radius 2 is 2.04 bits per heavy atom. The van der Waals surface area contributed by atoms with Crippen molar-refractivity contribution in [2.75, 3.05) is 13.1 Å². The predicted octanol–water partition coefficient (Wildman–Crippen LogP) is 3.08. The lowest BCUT2D eigenvalue weighted by molar-refractivity contribution is 0.00887. The van der Waals surface area contributed by atoms with E-state index in [4.69, 9.17) is 4.74 Å². The number of carbonyl (C=O) groups is 1. The second-order valence-electron chi connectivity index (χ2n) is 6.29. The summed E-state index contributed by atoms with van der Waals surface area (Å²) in [5.74, 6) is -0.0764. The predicted molar refractivity (Wildman–Crippen MR) is 91.9 cm³/mol. The zero-order valence-electron chi connectivity index (χ0n) is 13.9. The Bertz CT molecular complexity index is 929. The van der Waals surface area contributed by atoms with Crippen molar-refractivity contribution in [3.05, 3.63) is 65.7 Å². The van der Waals surface area contributed by atoms with Crippen LogP contribution in [0.3, 0.4) is 0 Å². The van der Waals surface area contributed by atoms with Crippen molar-refractivity contribution >= 4 is 16.9 Å². The third kappa shape index (κ3) is 3.30. The highest BCUT2D eigenvalue weighted by Crippen LogP contribution is 2.21. The molecule has 1 aliphatic heterocycles. The standard InChI is InChI=1S/C19H17F2N3O2/c20-13-6-7-15-16(8-13)23-18(22-15)11-26-17-10-24(9-14(17)21)19(25)12-4-2-1-3-5-12/h1-8,14,17H,9-11H2,(H,22,23). The number of H-pyrrole nitrogens is 1. The van der Waals surface area contributed by atoms with E-state index in [9.17, 15) is 13.6 Å². The molecule has 4 rings (SSSR count). The molecule has 7 heteroatoms. The van der Waals surface area contributed by atoms with Gasteiger partial charge < -0.3 is 14.6 Å². The van der Waals surface area contributed by atoms with E-state index >= 15 is 0 Å². The molecule has 0 radical (unpaired) electrons. The Labute approximate surface area is 148 Å². The first-order valence-corrected chi connectivity index (χ1v) is 8.34. The summed E-state index contributed by atoms with van der Waals surface area (Å²) >= 11 is 0. The van der Waals surface area contributed by atoms with E-state index in [1.165, 1.54) is 17.0 Å². The van der Waals surface area contributed by atoms with Crippen LogP contribution in [0.25, 0.3) is 11.0 Å². The molecular weight excluding hydrogens is 340 g/mol. The molecule has 134 valence electrons. The van der Waals surface area contributed by atoms with Gasteiger partial charge in [0.1, 0.15) is 30.5 Å². The van der Waals surface area contributed by atoms with E-state index in [2.05, 4.69) is 9.97 Å². The van der Waals surface area contributed by atoms with Crippen LogP contribution in [0.2, 0.25) is 0 Å². The molecule has 1 N–H and O–H groups in total. The number of rotatable bonds is 4. The number of halogens is 2. The minimum absolute atomic E-state index is 0.00371. The molecule has 1 aromatic heterocycles. The Kier molecular flexibility index (Phi) is 4.38. The summed E-state index contributed by atoms with van der Waals surface area (Å²) in [6, 6.07) is 13.0. The van der Waals surface area contributed by atoms with Gasteiger partial charge >= 0.3 is 0 Å². The van der Waals surface area contributed by atoms with Crippen molar-refractivity contribution in [3.63, 3.8) is 0 Å². The maximum Gasteiger partial charge on any atom is 0.254 e. The fourth-order valence-electron chi connectivity index (χ4n) is 3.11. The van der Waals surface area contributed by atoms with Crippen molar-refractivity contribution in [3.8, 4) is 0 Å². The van der Waals surface area contributed by atoms with Crippen molar-refractivity contribution in [1.29, 1.82) is 0 Å². The molecule has 26 heavy (non-hydrogen) atoms. The highest BCUT2D eigenvalue weighted by atomic mass is 19.1. The highest BCUT2D eigenvalue weighted by molar-refractivity contribution is 5.94. The lowest BCUT2D eigenvalue weighted by Gasteiger charge is -2.16. The minimum atomic E-state index is -1.26. The average Bonchev–Trinajstić information content (AvgIpc) is 3.22. The van der Waals surface area contributed by atoms with Gasteiger partial charge in [-0.25, -0.2) is 13.8 Å². The number of imidazole rings is 1. The Morgan fingerprint density at radius 3 is 2.85 bits per heavy atom. The molecule has 5 nitrogen and oxygen atoms in total. The van der Waals surface area contributed by atoms with Crippen molar-refractivity contribution in [1.82, 2.24) is 14.9 Å². The smallest absolute Gasteiger partial charge is 0.254 e. The summed E-state index contributed by atoms with van der Waals surface area (Å²) in [6.45, 7) is 0.252. The zero-order valence-corrected chi connectivity index (χ0v) is 13.9. The molecule has 0 bridgehead atoms. The molecule has 1 aliphatic rings. The van der Waals surface area contributed by atoms with E-state index in [0.29, 0.717) is 22.4 Å². The van der Waals surface area contributed by atoms with E-state index in [1.54, 1.807) is 30.3 Å². The Balaban J connectivity index is 1.39. The van der Waals surface area contributed by atoms with Crippen molar-refractivity contribution in [2.45, 2.75) is 18.9 Å². The topological polar surface area (TPSA) is 58.2 Å². The molecular formula is C19H17F2N3O2. The van der Waals surface area contributed by atoms with E-state index in [1.807, 2.05) is 6.07 Å². The van der Waals surface area contributed by atoms with Gasteiger partial charge in [0, 0.05) is 5.56 Å². The monoisotopic (exact) mass is 357 g/mol. The van der Waals surface area contributed by atoms with Gasteiger partial charge in [0.2, 0.25) is 0 Å². The maximum absolute atomic E-state index is 14.3. The van der Waals surface area contributed by atoms with Crippen LogP contribution in [0.4, 0.5) is 8.78 Å². The SMILES string of the molecule is O=C(c1ccccc1)N1CC(F)C(OCc2nc3ccc(F)cc3[nH]2)C1. The number of hydrogen-bond donors (Lipinski definition) is 1. The van der Waals surface area contributed by atoms with Gasteiger partial charge in [-0.3, -0.25) is 4.79 Å². The van der Waals surface area contributed by atoms with Gasteiger partial charge in [-0.2, -0.15) is 0 Å². The number of ether oxygens (including phenoxy) is 1. The molecule has 2 aromatic carbocycles. The van der Waals surface area contributed by atoms with Gasteiger partial charge in [0.15, 0.2) is 0 Å². The summed E-state index contributed by atoms with van der Waals surface area (Å²) in [6.07, 6.45) is -1.97. The molecule has 1 saturated heterocycles. The summed E-state index contributed by atoms with van der Waals surface area (Å²) in [5.41, 5.74) is 1.71. The summed E-state index contributed by atoms with van der Waals surface area (Å²) in [7, 11) is 0. The van der Waals surface area contributed by atoms with Gasteiger partial charge in [-0.1, -0.05) is 18.2 Å². The largest absolute Gasteiger partial charge is 0.365 e. The van der Waals surface area contributed by atoms with Crippen LogP contribution in [0.1, 0.15) is 16.2 Å². The van der Waals surface area contributed by atoms with Crippen LogP contribution in [-0.2, 0) is 11.3 Å². The highest BCUT2D eigenvalue weighted by Gasteiger charge is 2.36. The third-order valence-electron chi connectivity index (χ3n) is 4.43. The summed E-state index contributed by atoms with van der Waals surface area (Å²) in [5, 5.41) is 0. The van der Waals surface area contributed by atoms with E-state index < -0.39 is 12.3 Å². The number of nitrogens with zero attached hydrogens (tertiary/aromatic N) is 2. The van der Waals surface area contributed by atoms with Crippen LogP contribution in [0, 0.1) is 5.82 Å². The molecule has 0 spiro atoms. The number of nitrogens with one attached hydrogen (secondary N) is 1. The van der Waals surface area contributed by atoms with Crippen LogP contribution >= 0.6 is 0 Å².